The van der Waals surface area contributed by atoms with E-state index in [1.165, 1.54) is 0 Å². The highest BCUT2D eigenvalue weighted by Crippen LogP contribution is 2.33. The third kappa shape index (κ3) is 3.27. The van der Waals surface area contributed by atoms with Crippen LogP contribution in [0.1, 0.15) is 11.1 Å². The molecule has 0 aliphatic rings. The molecular formula is C14H10BrClN2O. The van der Waals surface area contributed by atoms with Gasteiger partial charge in [0.1, 0.15) is 17.6 Å². The lowest BCUT2D eigenvalue weighted by molar-refractivity contribution is 0.481. The predicted octanol–water partition coefficient (Wildman–Crippen LogP) is 4.23. The normalized spacial score (nSPS) is 10.0. The third-order valence-corrected chi connectivity index (χ3v) is 3.30. The Morgan fingerprint density at radius 2 is 1.95 bits per heavy atom. The molecule has 0 aliphatic heterocycles. The van der Waals surface area contributed by atoms with Crippen molar-refractivity contribution in [2.24, 2.45) is 5.73 Å². The molecule has 96 valence electrons. The smallest absolute Gasteiger partial charge is 0.146 e. The number of rotatable bonds is 3. The zero-order chi connectivity index (χ0) is 13.8. The number of nitriles is 1. The molecule has 2 rings (SSSR count). The first-order valence-corrected chi connectivity index (χ1v) is 6.67. The van der Waals surface area contributed by atoms with Gasteiger partial charge in [0, 0.05) is 11.0 Å². The van der Waals surface area contributed by atoms with Crippen molar-refractivity contribution >= 4 is 27.5 Å². The topological polar surface area (TPSA) is 59.0 Å². The number of nitrogens with two attached hydrogens (primary N) is 1. The molecule has 0 fully saturated rings. The lowest BCUT2D eigenvalue weighted by Crippen LogP contribution is -1.97. The highest BCUT2D eigenvalue weighted by molar-refractivity contribution is 9.10. The fourth-order valence-electron chi connectivity index (χ4n) is 1.56. The van der Waals surface area contributed by atoms with Crippen LogP contribution in [0.5, 0.6) is 11.5 Å². The van der Waals surface area contributed by atoms with Gasteiger partial charge in [0.15, 0.2) is 0 Å². The predicted molar refractivity (Wildman–Crippen MR) is 78.3 cm³/mol. The molecule has 0 saturated heterocycles. The molecule has 5 heteroatoms. The molecule has 0 heterocycles. The molecule has 0 spiro atoms. The zero-order valence-electron chi connectivity index (χ0n) is 9.86. The summed E-state index contributed by atoms with van der Waals surface area (Å²) >= 11 is 9.40. The Labute approximate surface area is 124 Å². The summed E-state index contributed by atoms with van der Waals surface area (Å²) in [5.74, 6) is 0.964. The molecule has 0 aliphatic carbocycles. The third-order valence-electron chi connectivity index (χ3n) is 2.51. The minimum atomic E-state index is 0.383. The number of halogens is 2. The molecule has 2 aromatic carbocycles. The molecule has 0 unspecified atom stereocenters. The Balaban J connectivity index is 2.35. The van der Waals surface area contributed by atoms with Crippen LogP contribution in [0.25, 0.3) is 0 Å². The maximum absolute atomic E-state index is 9.12. The van der Waals surface area contributed by atoms with Crippen molar-refractivity contribution in [2.45, 2.75) is 6.54 Å². The Morgan fingerprint density at radius 1 is 1.21 bits per heavy atom. The van der Waals surface area contributed by atoms with Crippen molar-refractivity contribution < 1.29 is 4.74 Å². The second-order valence-corrected chi connectivity index (χ2v) is 5.15. The van der Waals surface area contributed by atoms with Gasteiger partial charge in [-0.05, 0) is 35.9 Å². The molecule has 0 bridgehead atoms. The molecule has 19 heavy (non-hydrogen) atoms. The van der Waals surface area contributed by atoms with Crippen molar-refractivity contribution in [3.63, 3.8) is 0 Å². The molecule has 0 aromatic heterocycles. The first-order valence-electron chi connectivity index (χ1n) is 5.50. The van der Waals surface area contributed by atoms with Crippen LogP contribution in [0, 0.1) is 11.3 Å². The summed E-state index contributed by atoms with van der Waals surface area (Å²) in [4.78, 5) is 0. The van der Waals surface area contributed by atoms with E-state index < -0.39 is 0 Å². The van der Waals surface area contributed by atoms with Gasteiger partial charge in [0.05, 0.1) is 10.6 Å². The average Bonchev–Trinajstić information content (AvgIpc) is 2.42. The second kappa shape index (κ2) is 6.07. The van der Waals surface area contributed by atoms with Crippen LogP contribution < -0.4 is 10.5 Å². The van der Waals surface area contributed by atoms with Crippen molar-refractivity contribution in [3.05, 3.63) is 57.0 Å². The molecule has 0 radical (unpaired) electrons. The van der Waals surface area contributed by atoms with E-state index in [1.54, 1.807) is 24.3 Å². The van der Waals surface area contributed by atoms with Crippen LogP contribution in [-0.2, 0) is 6.54 Å². The number of hydrogen-bond donors (Lipinski definition) is 1. The Bertz CT molecular complexity index is 652. The molecule has 3 nitrogen and oxygen atoms in total. The summed E-state index contributed by atoms with van der Waals surface area (Å²) < 4.78 is 6.53. The quantitative estimate of drug-likeness (QED) is 0.912. The van der Waals surface area contributed by atoms with Gasteiger partial charge < -0.3 is 10.5 Å². The van der Waals surface area contributed by atoms with Gasteiger partial charge in [-0.15, -0.1) is 0 Å². The molecule has 2 N–H and O–H groups in total. The van der Waals surface area contributed by atoms with Crippen molar-refractivity contribution in [3.8, 4) is 17.6 Å². The molecular weight excluding hydrogens is 328 g/mol. The van der Waals surface area contributed by atoms with Gasteiger partial charge in [-0.2, -0.15) is 5.26 Å². The summed E-state index contributed by atoms with van der Waals surface area (Å²) in [6, 6.07) is 12.6. The first kappa shape index (κ1) is 13.9. The summed E-state index contributed by atoms with van der Waals surface area (Å²) in [6.45, 7) is 0.383. The maximum atomic E-state index is 9.12. The lowest BCUT2D eigenvalue weighted by Gasteiger charge is -2.10. The fraction of sp³-hybridized carbons (Fsp3) is 0.0714. The summed E-state index contributed by atoms with van der Waals surface area (Å²) in [5.41, 5.74) is 6.85. The van der Waals surface area contributed by atoms with Crippen LogP contribution in [0.3, 0.4) is 0 Å². The zero-order valence-corrected chi connectivity index (χ0v) is 12.2. The highest BCUT2D eigenvalue weighted by atomic mass is 79.9. The molecule has 0 saturated carbocycles. The van der Waals surface area contributed by atoms with Crippen LogP contribution >= 0.6 is 27.5 Å². The van der Waals surface area contributed by atoms with Crippen LogP contribution in [0.15, 0.2) is 40.9 Å². The second-order valence-electron chi connectivity index (χ2n) is 3.82. The van der Waals surface area contributed by atoms with Crippen LogP contribution in [0.2, 0.25) is 5.02 Å². The van der Waals surface area contributed by atoms with Gasteiger partial charge in [-0.3, -0.25) is 0 Å². The molecule has 0 atom stereocenters. The van der Waals surface area contributed by atoms with Crippen molar-refractivity contribution in [1.29, 1.82) is 5.26 Å². The highest BCUT2D eigenvalue weighted by Gasteiger charge is 2.08. The molecule has 0 amide bonds. The minimum absolute atomic E-state index is 0.383. The van der Waals surface area contributed by atoms with E-state index in [9.17, 15) is 0 Å². The fourth-order valence-corrected chi connectivity index (χ4v) is 2.27. The monoisotopic (exact) mass is 336 g/mol. The Kier molecular flexibility index (Phi) is 4.43. The first-order chi connectivity index (χ1) is 9.13. The van der Waals surface area contributed by atoms with Crippen LogP contribution in [-0.4, -0.2) is 0 Å². The summed E-state index contributed by atoms with van der Waals surface area (Å²) in [7, 11) is 0. The van der Waals surface area contributed by atoms with E-state index in [4.69, 9.17) is 27.3 Å². The van der Waals surface area contributed by atoms with Gasteiger partial charge in [0.25, 0.3) is 0 Å². The van der Waals surface area contributed by atoms with Gasteiger partial charge >= 0.3 is 0 Å². The van der Waals surface area contributed by atoms with Crippen molar-refractivity contribution in [1.82, 2.24) is 0 Å². The van der Waals surface area contributed by atoms with Crippen molar-refractivity contribution in [2.75, 3.05) is 0 Å². The number of benzene rings is 2. The van der Waals surface area contributed by atoms with E-state index in [-0.39, 0.29) is 0 Å². The lowest BCUT2D eigenvalue weighted by atomic mass is 10.1. The number of ether oxygens (including phenoxy) is 1. The van der Waals surface area contributed by atoms with E-state index in [2.05, 4.69) is 22.0 Å². The van der Waals surface area contributed by atoms with E-state index in [0.717, 1.165) is 10.0 Å². The minimum Gasteiger partial charge on any atom is -0.454 e. The Morgan fingerprint density at radius 3 is 2.58 bits per heavy atom. The van der Waals surface area contributed by atoms with E-state index >= 15 is 0 Å². The standard InChI is InChI=1S/C14H10BrClN2O/c15-11-2-4-14(12(16)6-11)19-13-3-1-9(7-17)5-10(13)8-18/h1-6H,7,17H2. The van der Waals surface area contributed by atoms with Gasteiger partial charge in [0.2, 0.25) is 0 Å². The summed E-state index contributed by atoms with van der Waals surface area (Å²) in [6.07, 6.45) is 0. The van der Waals surface area contributed by atoms with E-state index in [1.807, 2.05) is 12.1 Å². The Hall–Kier alpha value is -1.54. The largest absolute Gasteiger partial charge is 0.454 e. The van der Waals surface area contributed by atoms with Crippen LogP contribution in [0.4, 0.5) is 0 Å². The van der Waals surface area contributed by atoms with Gasteiger partial charge in [-0.1, -0.05) is 33.6 Å². The average molecular weight is 338 g/mol. The number of hydrogen-bond acceptors (Lipinski definition) is 3. The molecule has 2 aromatic rings. The SMILES string of the molecule is N#Cc1cc(CN)ccc1Oc1ccc(Br)cc1Cl. The maximum Gasteiger partial charge on any atom is 0.146 e. The van der Waals surface area contributed by atoms with E-state index in [0.29, 0.717) is 28.6 Å². The van der Waals surface area contributed by atoms with Gasteiger partial charge in [-0.25, -0.2) is 0 Å². The number of nitrogens with zero attached hydrogens (tertiary/aromatic N) is 1. The summed E-state index contributed by atoms with van der Waals surface area (Å²) in [5, 5.41) is 9.59.